The number of alkyl halides is 5. The van der Waals surface area contributed by atoms with Crippen molar-refractivity contribution in [3.05, 3.63) is 12.2 Å². The van der Waals surface area contributed by atoms with Crippen LogP contribution in [0.5, 0.6) is 0 Å². The summed E-state index contributed by atoms with van der Waals surface area (Å²) >= 11 is 0. The molecule has 1 aliphatic heterocycles. The number of hydrogen-bond donors (Lipinski definition) is 0. The summed E-state index contributed by atoms with van der Waals surface area (Å²) in [5, 5.41) is 0. The van der Waals surface area contributed by atoms with Crippen molar-refractivity contribution in [2.24, 2.45) is 0 Å². The summed E-state index contributed by atoms with van der Waals surface area (Å²) in [6, 6.07) is 0. The van der Waals surface area contributed by atoms with Crippen LogP contribution in [0.1, 0.15) is 20.8 Å². The molecule has 1 saturated heterocycles. The molecule has 0 spiro atoms. The molecule has 0 aromatic heterocycles. The zero-order valence-electron chi connectivity index (χ0n) is 15.8. The molecule has 0 amide bonds. The number of halogens is 5. The van der Waals surface area contributed by atoms with E-state index in [9.17, 15) is 31.5 Å². The number of carbonyl (C=O) groups excluding carboxylic acids is 2. The van der Waals surface area contributed by atoms with Gasteiger partial charge in [-0.25, -0.2) is 4.79 Å². The predicted molar refractivity (Wildman–Crippen MR) is 83.5 cm³/mol. The van der Waals surface area contributed by atoms with E-state index in [1.165, 1.54) is 6.92 Å². The first-order valence-electron chi connectivity index (χ1n) is 8.21. The van der Waals surface area contributed by atoms with Gasteiger partial charge in [-0.15, -0.1) is 0 Å². The maximum Gasteiger partial charge on any atom is 0.450 e. The summed E-state index contributed by atoms with van der Waals surface area (Å²) < 4.78 is 96.6. The monoisotopic (exact) mass is 436 g/mol. The Bertz CT molecular complexity index is 609. The fourth-order valence-corrected chi connectivity index (χ4v) is 2.07. The van der Waals surface area contributed by atoms with Crippen molar-refractivity contribution in [2.45, 2.75) is 51.2 Å². The lowest BCUT2D eigenvalue weighted by Gasteiger charge is -2.46. The normalized spacial score (nSPS) is 25.2. The van der Waals surface area contributed by atoms with Crippen LogP contribution in [-0.4, -0.2) is 68.8 Å². The van der Waals surface area contributed by atoms with Crippen LogP contribution in [0.4, 0.5) is 22.0 Å². The van der Waals surface area contributed by atoms with Crippen molar-refractivity contribution in [1.29, 1.82) is 0 Å². The van der Waals surface area contributed by atoms with E-state index in [2.05, 4.69) is 30.3 Å². The zero-order chi connectivity index (χ0) is 22.5. The first-order chi connectivity index (χ1) is 13.2. The highest BCUT2D eigenvalue weighted by molar-refractivity contribution is 5.86. The first-order valence-corrected chi connectivity index (χ1v) is 8.21. The SMILES string of the molecule is C=C(C)C(=O)OCC1OCC(F)(F)C(OC(C)OCCOC(C)=O)(C(F)(F)F)O1. The molecule has 0 aliphatic carbocycles. The summed E-state index contributed by atoms with van der Waals surface area (Å²) in [7, 11) is 0. The van der Waals surface area contributed by atoms with Crippen LogP contribution in [0.2, 0.25) is 0 Å². The van der Waals surface area contributed by atoms with Crippen LogP contribution in [-0.2, 0) is 38.0 Å². The average molecular weight is 436 g/mol. The van der Waals surface area contributed by atoms with Gasteiger partial charge in [-0.1, -0.05) is 6.58 Å². The summed E-state index contributed by atoms with van der Waals surface area (Å²) in [5.41, 5.74) is -0.0701. The third-order valence-electron chi connectivity index (χ3n) is 3.37. The highest BCUT2D eigenvalue weighted by atomic mass is 19.4. The highest BCUT2D eigenvalue weighted by Gasteiger charge is 2.76. The Balaban J connectivity index is 2.92. The van der Waals surface area contributed by atoms with Gasteiger partial charge in [-0.2, -0.15) is 22.0 Å². The molecule has 0 saturated carbocycles. The van der Waals surface area contributed by atoms with Gasteiger partial charge in [0.1, 0.15) is 19.8 Å². The molecule has 168 valence electrons. The van der Waals surface area contributed by atoms with E-state index in [0.29, 0.717) is 0 Å². The van der Waals surface area contributed by atoms with Gasteiger partial charge in [-0.05, 0) is 13.8 Å². The molecule has 29 heavy (non-hydrogen) atoms. The first kappa shape index (κ1) is 25.2. The van der Waals surface area contributed by atoms with Crippen LogP contribution in [0, 0.1) is 0 Å². The Kier molecular flexibility index (Phi) is 8.50. The summed E-state index contributed by atoms with van der Waals surface area (Å²) in [6.45, 7) is 3.17. The third kappa shape index (κ3) is 6.59. The van der Waals surface area contributed by atoms with Gasteiger partial charge in [0, 0.05) is 12.5 Å². The number of hydrogen-bond acceptors (Lipinski definition) is 8. The van der Waals surface area contributed by atoms with Crippen LogP contribution >= 0.6 is 0 Å². The predicted octanol–water partition coefficient (Wildman–Crippen LogP) is 2.31. The van der Waals surface area contributed by atoms with Crippen molar-refractivity contribution in [2.75, 3.05) is 26.4 Å². The summed E-state index contributed by atoms with van der Waals surface area (Å²) in [5.74, 6) is -10.7. The molecule has 0 aromatic rings. The largest absolute Gasteiger partial charge is 0.463 e. The van der Waals surface area contributed by atoms with Crippen molar-refractivity contribution in [3.8, 4) is 0 Å². The Morgan fingerprint density at radius 1 is 1.21 bits per heavy atom. The van der Waals surface area contributed by atoms with E-state index in [1.807, 2.05) is 0 Å². The summed E-state index contributed by atoms with van der Waals surface area (Å²) in [4.78, 5) is 22.0. The maximum absolute atomic E-state index is 14.2. The maximum atomic E-state index is 14.2. The number of esters is 2. The molecule has 1 fully saturated rings. The third-order valence-corrected chi connectivity index (χ3v) is 3.37. The lowest BCUT2D eigenvalue weighted by atomic mass is 10.1. The Hall–Kier alpha value is -1.83. The topological polar surface area (TPSA) is 89.5 Å². The molecule has 13 heteroatoms. The Morgan fingerprint density at radius 3 is 2.34 bits per heavy atom. The van der Waals surface area contributed by atoms with Crippen LogP contribution in [0.15, 0.2) is 12.2 Å². The Labute approximate surface area is 162 Å². The van der Waals surface area contributed by atoms with Crippen molar-refractivity contribution in [3.63, 3.8) is 0 Å². The molecule has 8 nitrogen and oxygen atoms in total. The second-order valence-corrected chi connectivity index (χ2v) is 5.95. The lowest BCUT2D eigenvalue weighted by Crippen LogP contribution is -2.69. The molecule has 3 atom stereocenters. The molecule has 1 rings (SSSR count). The highest BCUT2D eigenvalue weighted by Crippen LogP contribution is 2.49. The number of rotatable bonds is 9. The van der Waals surface area contributed by atoms with Crippen molar-refractivity contribution < 1.29 is 60.0 Å². The van der Waals surface area contributed by atoms with E-state index in [1.54, 1.807) is 0 Å². The molecule has 0 N–H and O–H groups in total. The van der Waals surface area contributed by atoms with Gasteiger partial charge in [-0.3, -0.25) is 4.79 Å². The van der Waals surface area contributed by atoms with E-state index in [4.69, 9.17) is 4.74 Å². The molecular weight excluding hydrogens is 415 g/mol. The molecule has 1 aliphatic rings. The van der Waals surface area contributed by atoms with E-state index in [-0.39, 0.29) is 12.2 Å². The van der Waals surface area contributed by atoms with Crippen LogP contribution < -0.4 is 0 Å². The molecule has 1 heterocycles. The molecular formula is C16H21F5O8. The quantitative estimate of drug-likeness (QED) is 0.179. The van der Waals surface area contributed by atoms with Gasteiger partial charge in [0.2, 0.25) is 0 Å². The van der Waals surface area contributed by atoms with Crippen LogP contribution in [0.3, 0.4) is 0 Å². The lowest BCUT2D eigenvalue weighted by molar-refractivity contribution is -0.515. The molecule has 0 bridgehead atoms. The average Bonchev–Trinajstić information content (AvgIpc) is 2.57. The molecule has 3 unspecified atom stereocenters. The van der Waals surface area contributed by atoms with Gasteiger partial charge in [0.05, 0.1) is 6.61 Å². The summed E-state index contributed by atoms with van der Waals surface area (Å²) in [6.07, 6.45) is -9.55. The fraction of sp³-hybridized carbons (Fsp3) is 0.750. The number of carbonyl (C=O) groups is 2. The molecule has 0 radical (unpaired) electrons. The minimum Gasteiger partial charge on any atom is -0.463 e. The van der Waals surface area contributed by atoms with Crippen molar-refractivity contribution >= 4 is 11.9 Å². The zero-order valence-corrected chi connectivity index (χ0v) is 15.8. The van der Waals surface area contributed by atoms with Gasteiger partial charge >= 0.3 is 29.8 Å². The minimum atomic E-state index is -5.72. The fourth-order valence-electron chi connectivity index (χ4n) is 2.07. The van der Waals surface area contributed by atoms with E-state index in [0.717, 1.165) is 13.8 Å². The second-order valence-electron chi connectivity index (χ2n) is 5.95. The number of ether oxygens (including phenoxy) is 6. The standard InChI is InChI=1S/C16H21F5O8/c1-9(2)13(23)26-7-12-27-8-14(17,18)15(29-12,16(19,20)21)28-11(4)25-6-5-24-10(3)22/h11-12H,1,5-8H2,2-4H3. The van der Waals surface area contributed by atoms with Crippen molar-refractivity contribution in [1.82, 2.24) is 0 Å². The van der Waals surface area contributed by atoms with Gasteiger partial charge in [0.15, 0.2) is 12.6 Å². The smallest absolute Gasteiger partial charge is 0.450 e. The second kappa shape index (κ2) is 9.78. The van der Waals surface area contributed by atoms with E-state index < -0.39 is 62.2 Å². The van der Waals surface area contributed by atoms with Crippen LogP contribution in [0.25, 0.3) is 0 Å². The Morgan fingerprint density at radius 2 is 1.83 bits per heavy atom. The van der Waals surface area contributed by atoms with E-state index >= 15 is 0 Å². The minimum absolute atomic E-state index is 0.0701. The van der Waals surface area contributed by atoms with Gasteiger partial charge in [0.25, 0.3) is 0 Å². The van der Waals surface area contributed by atoms with Gasteiger partial charge < -0.3 is 28.4 Å². The molecule has 0 aromatic carbocycles.